The molecule has 1 aromatic rings. The number of nitrogens with zero attached hydrogens (tertiary/aromatic N) is 1. The number of nitrogens with one attached hydrogen (secondary N) is 1. The number of urea groups is 1. The number of hydrogen-bond donors (Lipinski definition) is 3. The van der Waals surface area contributed by atoms with Gasteiger partial charge in [0.25, 0.3) is 0 Å². The molecule has 0 bridgehead atoms. The second-order valence-corrected chi connectivity index (χ2v) is 5.50. The largest absolute Gasteiger partial charge is 0.507 e. The smallest absolute Gasteiger partial charge is 0.339 e. The normalized spacial score (nSPS) is 21.9. The third kappa shape index (κ3) is 3.26. The van der Waals surface area contributed by atoms with E-state index >= 15 is 0 Å². The Morgan fingerprint density at radius 3 is 2.38 bits per heavy atom. The molecule has 1 aliphatic heterocycles. The molecule has 0 unspecified atom stereocenters. The summed E-state index contributed by atoms with van der Waals surface area (Å²) in [5, 5.41) is 21.2. The third-order valence-electron chi connectivity index (χ3n) is 3.91. The molecule has 1 saturated heterocycles. The van der Waals surface area contributed by atoms with Gasteiger partial charge in [0.15, 0.2) is 0 Å². The van der Waals surface area contributed by atoms with E-state index in [4.69, 9.17) is 5.11 Å². The number of carbonyl (C=O) groups excluding carboxylic acids is 1. The van der Waals surface area contributed by atoms with Gasteiger partial charge in [0.1, 0.15) is 11.3 Å². The molecule has 3 N–H and O–H groups in total. The molecule has 1 fully saturated rings. The molecular formula is C15H20N2O4. The van der Waals surface area contributed by atoms with Crippen LogP contribution in [0.3, 0.4) is 0 Å². The van der Waals surface area contributed by atoms with E-state index in [1.807, 2.05) is 13.8 Å². The fourth-order valence-corrected chi connectivity index (χ4v) is 2.80. The van der Waals surface area contributed by atoms with E-state index < -0.39 is 5.97 Å². The number of piperidine rings is 1. The van der Waals surface area contributed by atoms with E-state index in [0.717, 1.165) is 19.3 Å². The average Bonchev–Trinajstić information content (AvgIpc) is 2.37. The molecule has 0 radical (unpaired) electrons. The van der Waals surface area contributed by atoms with Crippen LogP contribution in [-0.4, -0.2) is 39.2 Å². The summed E-state index contributed by atoms with van der Waals surface area (Å²) in [7, 11) is 0. The van der Waals surface area contributed by atoms with Gasteiger partial charge < -0.3 is 20.4 Å². The number of benzene rings is 1. The van der Waals surface area contributed by atoms with Crippen molar-refractivity contribution in [2.24, 2.45) is 0 Å². The number of hydrogen-bond acceptors (Lipinski definition) is 3. The first-order valence-electron chi connectivity index (χ1n) is 7.05. The Labute approximate surface area is 123 Å². The maximum absolute atomic E-state index is 12.3. The molecule has 2 amide bonds. The molecule has 0 aromatic heterocycles. The molecule has 6 nitrogen and oxygen atoms in total. The minimum atomic E-state index is -1.20. The fraction of sp³-hybridized carbons (Fsp3) is 0.467. The highest BCUT2D eigenvalue weighted by atomic mass is 16.4. The van der Waals surface area contributed by atoms with Crippen LogP contribution in [0.2, 0.25) is 0 Å². The summed E-state index contributed by atoms with van der Waals surface area (Å²) < 4.78 is 0. The number of anilines is 1. The number of likely N-dealkylation sites (tertiary alicyclic amines) is 1. The molecule has 114 valence electrons. The Morgan fingerprint density at radius 2 is 1.86 bits per heavy atom. The monoisotopic (exact) mass is 292 g/mol. The average molecular weight is 292 g/mol. The van der Waals surface area contributed by atoms with Gasteiger partial charge >= 0.3 is 12.0 Å². The number of phenols is 1. The summed E-state index contributed by atoms with van der Waals surface area (Å²) in [6.45, 7) is 4.03. The summed E-state index contributed by atoms with van der Waals surface area (Å²) in [4.78, 5) is 25.0. The lowest BCUT2D eigenvalue weighted by atomic mass is 9.98. The minimum Gasteiger partial charge on any atom is -0.507 e. The Bertz CT molecular complexity index is 549. The van der Waals surface area contributed by atoms with Gasteiger partial charge in [0.05, 0.1) is 0 Å². The summed E-state index contributed by atoms with van der Waals surface area (Å²) in [5.41, 5.74) is 0.195. The van der Waals surface area contributed by atoms with Crippen LogP contribution in [0.25, 0.3) is 0 Å². The maximum atomic E-state index is 12.3. The highest BCUT2D eigenvalue weighted by molar-refractivity contribution is 5.94. The first kappa shape index (κ1) is 15.2. The van der Waals surface area contributed by atoms with Crippen molar-refractivity contribution >= 4 is 17.7 Å². The first-order valence-corrected chi connectivity index (χ1v) is 7.05. The van der Waals surface area contributed by atoms with Gasteiger partial charge in [-0.2, -0.15) is 0 Å². The van der Waals surface area contributed by atoms with Crippen molar-refractivity contribution in [3.63, 3.8) is 0 Å². The number of aromatic hydroxyl groups is 1. The lowest BCUT2D eigenvalue weighted by Gasteiger charge is -2.38. The van der Waals surface area contributed by atoms with Gasteiger partial charge in [-0.25, -0.2) is 9.59 Å². The van der Waals surface area contributed by atoms with Crippen molar-refractivity contribution in [3.8, 4) is 5.75 Å². The van der Waals surface area contributed by atoms with Crippen LogP contribution in [0.1, 0.15) is 43.5 Å². The quantitative estimate of drug-likeness (QED) is 0.781. The van der Waals surface area contributed by atoms with Gasteiger partial charge in [-0.1, -0.05) is 0 Å². The maximum Gasteiger partial charge on any atom is 0.339 e. The summed E-state index contributed by atoms with van der Waals surface area (Å²) >= 11 is 0. The predicted octanol–water partition coefficient (Wildman–Crippen LogP) is 2.89. The molecule has 1 aromatic carbocycles. The van der Waals surface area contributed by atoms with E-state index in [2.05, 4.69) is 5.32 Å². The fourth-order valence-electron chi connectivity index (χ4n) is 2.80. The lowest BCUT2D eigenvalue weighted by molar-refractivity contribution is 0.0693. The van der Waals surface area contributed by atoms with Gasteiger partial charge in [-0.3, -0.25) is 0 Å². The van der Waals surface area contributed by atoms with Crippen LogP contribution in [0.5, 0.6) is 5.75 Å². The van der Waals surface area contributed by atoms with Crippen molar-refractivity contribution in [3.05, 3.63) is 23.8 Å². The van der Waals surface area contributed by atoms with E-state index in [0.29, 0.717) is 5.69 Å². The number of rotatable bonds is 2. The molecule has 1 aliphatic rings. The van der Waals surface area contributed by atoms with Gasteiger partial charge in [-0.05, 0) is 45.2 Å². The summed E-state index contributed by atoms with van der Waals surface area (Å²) in [5.74, 6) is -1.57. The van der Waals surface area contributed by atoms with Crippen molar-refractivity contribution in [2.75, 3.05) is 5.32 Å². The molecule has 21 heavy (non-hydrogen) atoms. The molecule has 0 saturated carbocycles. The minimum absolute atomic E-state index is 0.167. The second-order valence-electron chi connectivity index (χ2n) is 5.50. The van der Waals surface area contributed by atoms with Crippen LogP contribution >= 0.6 is 0 Å². The molecule has 0 aliphatic carbocycles. The van der Waals surface area contributed by atoms with Crippen LogP contribution in [-0.2, 0) is 0 Å². The SMILES string of the molecule is C[C@@H]1CCC[C@H](C)N1C(=O)Nc1ccc(C(=O)O)c(O)c1. The van der Waals surface area contributed by atoms with Crippen LogP contribution in [0.15, 0.2) is 18.2 Å². The zero-order chi connectivity index (χ0) is 15.6. The molecular weight excluding hydrogens is 272 g/mol. The van der Waals surface area contributed by atoms with Crippen LogP contribution in [0, 0.1) is 0 Å². The molecule has 6 heteroatoms. The third-order valence-corrected chi connectivity index (χ3v) is 3.91. The van der Waals surface area contributed by atoms with Gasteiger partial charge in [-0.15, -0.1) is 0 Å². The van der Waals surface area contributed by atoms with Gasteiger partial charge in [0.2, 0.25) is 0 Å². The Kier molecular flexibility index (Phi) is 4.35. The van der Waals surface area contributed by atoms with Crippen LogP contribution < -0.4 is 5.32 Å². The van der Waals surface area contributed by atoms with Crippen molar-refractivity contribution in [1.82, 2.24) is 4.90 Å². The number of carboxylic acid groups (broad SMARTS) is 1. The Balaban J connectivity index is 2.12. The van der Waals surface area contributed by atoms with Crippen LogP contribution in [0.4, 0.5) is 10.5 Å². The highest BCUT2D eigenvalue weighted by Gasteiger charge is 2.29. The van der Waals surface area contributed by atoms with E-state index in [9.17, 15) is 14.7 Å². The van der Waals surface area contributed by atoms with E-state index in [1.165, 1.54) is 18.2 Å². The van der Waals surface area contributed by atoms with E-state index in [1.54, 1.807) is 4.90 Å². The molecule has 0 spiro atoms. The second kappa shape index (κ2) is 6.03. The predicted molar refractivity (Wildman–Crippen MR) is 78.7 cm³/mol. The number of carboxylic acids is 1. The Morgan fingerprint density at radius 1 is 1.24 bits per heavy atom. The summed E-state index contributed by atoms with van der Waals surface area (Å²) in [6.07, 6.45) is 3.06. The van der Waals surface area contributed by atoms with Crippen molar-refractivity contribution in [2.45, 2.75) is 45.2 Å². The first-order chi connectivity index (χ1) is 9.90. The number of aromatic carboxylic acids is 1. The van der Waals surface area contributed by atoms with E-state index in [-0.39, 0.29) is 29.4 Å². The molecule has 2 rings (SSSR count). The number of amides is 2. The Hall–Kier alpha value is -2.24. The molecule has 1 heterocycles. The standard InChI is InChI=1S/C15H20N2O4/c1-9-4-3-5-10(2)17(9)15(21)16-11-6-7-12(14(19)20)13(18)8-11/h6-10,18H,3-5H2,1-2H3,(H,16,21)(H,19,20)/t9-,10+. The topological polar surface area (TPSA) is 89.9 Å². The van der Waals surface area contributed by atoms with Gasteiger partial charge in [0, 0.05) is 23.8 Å². The zero-order valence-electron chi connectivity index (χ0n) is 12.2. The van der Waals surface area contributed by atoms with Crippen molar-refractivity contribution < 1.29 is 19.8 Å². The highest BCUT2D eigenvalue weighted by Crippen LogP contribution is 2.25. The lowest BCUT2D eigenvalue weighted by Crippen LogP contribution is -2.49. The zero-order valence-corrected chi connectivity index (χ0v) is 12.2. The molecule has 2 atom stereocenters. The summed E-state index contributed by atoms with van der Waals surface area (Å²) in [6, 6.07) is 4.11. The van der Waals surface area contributed by atoms with Crippen molar-refractivity contribution in [1.29, 1.82) is 0 Å². The number of carbonyl (C=O) groups is 2.